The van der Waals surface area contributed by atoms with Gasteiger partial charge in [0.15, 0.2) is 0 Å². The lowest BCUT2D eigenvalue weighted by molar-refractivity contribution is 0.0955. The zero-order chi connectivity index (χ0) is 20.8. The largest absolute Gasteiger partial charge is 0.488 e. The number of nitrogens with one attached hydrogen (secondary N) is 1. The van der Waals surface area contributed by atoms with Crippen molar-refractivity contribution in [3.05, 3.63) is 107 Å². The van der Waals surface area contributed by atoms with E-state index in [9.17, 15) is 4.79 Å². The Morgan fingerprint density at radius 3 is 2.57 bits per heavy atom. The number of halogens is 1. The minimum Gasteiger partial charge on any atom is -0.488 e. The molecule has 0 aliphatic carbocycles. The number of hydrogen-bond donors (Lipinski definition) is 1. The summed E-state index contributed by atoms with van der Waals surface area (Å²) in [5.41, 5.74) is 4.83. The smallest absolute Gasteiger partial charge is 0.271 e. The second-order valence-electron chi connectivity index (χ2n) is 6.55. The fourth-order valence-corrected chi connectivity index (χ4v) is 3.13. The van der Waals surface area contributed by atoms with Gasteiger partial charge in [-0.05, 0) is 46.7 Å². The molecule has 0 spiro atoms. The van der Waals surface area contributed by atoms with Crippen LogP contribution >= 0.6 is 11.6 Å². The number of hydrazone groups is 1. The zero-order valence-corrected chi connectivity index (χ0v) is 16.7. The summed E-state index contributed by atoms with van der Waals surface area (Å²) in [4.78, 5) is 16.1. The first-order chi connectivity index (χ1) is 14.7. The quantitative estimate of drug-likeness (QED) is 0.346. The molecule has 0 radical (unpaired) electrons. The predicted octanol–water partition coefficient (Wildman–Crippen LogP) is 5.23. The molecule has 4 aromatic rings. The molecule has 1 aromatic heterocycles. The molecular formula is C24H18ClN3O2. The maximum atomic E-state index is 12.2. The van der Waals surface area contributed by atoms with Crippen molar-refractivity contribution < 1.29 is 9.53 Å². The van der Waals surface area contributed by atoms with Crippen molar-refractivity contribution >= 4 is 34.5 Å². The summed E-state index contributed by atoms with van der Waals surface area (Å²) in [7, 11) is 0. The maximum absolute atomic E-state index is 12.2. The molecule has 148 valence electrons. The fraction of sp³-hybridized carbons (Fsp3) is 0.0417. The third-order valence-electron chi connectivity index (χ3n) is 4.54. The van der Waals surface area contributed by atoms with Crippen LogP contribution in [-0.2, 0) is 6.61 Å². The molecule has 0 saturated heterocycles. The Bertz CT molecular complexity index is 1190. The van der Waals surface area contributed by atoms with Crippen molar-refractivity contribution in [2.45, 2.75) is 6.61 Å². The van der Waals surface area contributed by atoms with Gasteiger partial charge in [0.05, 0.1) is 6.21 Å². The molecular weight excluding hydrogens is 398 g/mol. The summed E-state index contributed by atoms with van der Waals surface area (Å²) < 4.78 is 6.06. The van der Waals surface area contributed by atoms with Crippen LogP contribution in [0.1, 0.15) is 21.5 Å². The van der Waals surface area contributed by atoms with Gasteiger partial charge in [0.25, 0.3) is 5.91 Å². The van der Waals surface area contributed by atoms with Crippen LogP contribution in [0.3, 0.4) is 0 Å². The molecule has 1 N–H and O–H groups in total. The summed E-state index contributed by atoms with van der Waals surface area (Å²) in [6.45, 7) is 0.389. The van der Waals surface area contributed by atoms with Gasteiger partial charge >= 0.3 is 0 Å². The van der Waals surface area contributed by atoms with E-state index in [2.05, 4.69) is 15.5 Å². The Morgan fingerprint density at radius 1 is 1.00 bits per heavy atom. The van der Waals surface area contributed by atoms with E-state index >= 15 is 0 Å². The van der Waals surface area contributed by atoms with Crippen LogP contribution in [0, 0.1) is 0 Å². The van der Waals surface area contributed by atoms with Gasteiger partial charge in [0.1, 0.15) is 12.4 Å². The van der Waals surface area contributed by atoms with E-state index in [1.54, 1.807) is 30.7 Å². The number of nitrogens with zero attached hydrogens (tertiary/aromatic N) is 2. The summed E-state index contributed by atoms with van der Waals surface area (Å²) in [6, 6.07) is 22.6. The number of hydrogen-bond acceptors (Lipinski definition) is 4. The molecule has 1 heterocycles. The van der Waals surface area contributed by atoms with Crippen LogP contribution in [0.4, 0.5) is 0 Å². The Labute approximate surface area is 179 Å². The van der Waals surface area contributed by atoms with Gasteiger partial charge in [-0.25, -0.2) is 5.43 Å². The first kappa shape index (κ1) is 19.6. The predicted molar refractivity (Wildman–Crippen MR) is 119 cm³/mol. The van der Waals surface area contributed by atoms with Gasteiger partial charge in [-0.2, -0.15) is 5.10 Å². The monoisotopic (exact) mass is 415 g/mol. The van der Waals surface area contributed by atoms with Crippen molar-refractivity contribution in [2.75, 3.05) is 0 Å². The number of aromatic nitrogens is 1. The standard InChI is InChI=1S/C24H18ClN3O2/c25-20-8-5-17(6-9-20)16-30-23-10-7-18-3-1-2-4-21(18)22(23)15-27-28-24(29)19-11-13-26-14-12-19/h1-15H,16H2,(H,28,29)/b27-15-. The van der Waals surface area contributed by atoms with Crippen LogP contribution in [-0.4, -0.2) is 17.1 Å². The average molecular weight is 416 g/mol. The van der Waals surface area contributed by atoms with Gasteiger partial charge in [0, 0.05) is 28.5 Å². The van der Waals surface area contributed by atoms with Crippen LogP contribution in [0.5, 0.6) is 5.75 Å². The molecule has 1 amide bonds. The first-order valence-corrected chi connectivity index (χ1v) is 9.71. The molecule has 30 heavy (non-hydrogen) atoms. The normalized spacial score (nSPS) is 11.0. The summed E-state index contributed by atoms with van der Waals surface area (Å²) >= 11 is 5.95. The molecule has 6 heteroatoms. The second kappa shape index (κ2) is 9.20. The fourth-order valence-electron chi connectivity index (χ4n) is 3.00. The molecule has 0 unspecified atom stereocenters. The molecule has 0 aliphatic rings. The first-order valence-electron chi connectivity index (χ1n) is 9.33. The highest BCUT2D eigenvalue weighted by atomic mass is 35.5. The van der Waals surface area contributed by atoms with E-state index in [0.717, 1.165) is 21.9 Å². The number of carbonyl (C=O) groups excluding carboxylic acids is 1. The van der Waals surface area contributed by atoms with E-state index in [4.69, 9.17) is 16.3 Å². The lowest BCUT2D eigenvalue weighted by Gasteiger charge is -2.12. The van der Waals surface area contributed by atoms with Crippen molar-refractivity contribution in [3.8, 4) is 5.75 Å². The number of carbonyl (C=O) groups is 1. The van der Waals surface area contributed by atoms with Crippen LogP contribution in [0.2, 0.25) is 5.02 Å². The third kappa shape index (κ3) is 4.64. The Balaban J connectivity index is 1.58. The number of pyridine rings is 1. The van der Waals surface area contributed by atoms with E-state index in [1.165, 1.54) is 0 Å². The summed E-state index contributed by atoms with van der Waals surface area (Å²) in [6.07, 6.45) is 4.73. The number of ether oxygens (including phenoxy) is 1. The van der Waals surface area contributed by atoms with Crippen molar-refractivity contribution in [1.29, 1.82) is 0 Å². The van der Waals surface area contributed by atoms with Crippen molar-refractivity contribution in [3.63, 3.8) is 0 Å². The van der Waals surface area contributed by atoms with Crippen LogP contribution in [0.25, 0.3) is 10.8 Å². The average Bonchev–Trinajstić information content (AvgIpc) is 2.80. The molecule has 0 fully saturated rings. The number of rotatable bonds is 6. The number of benzene rings is 3. The molecule has 5 nitrogen and oxygen atoms in total. The Hall–Kier alpha value is -3.70. The highest BCUT2D eigenvalue weighted by Gasteiger charge is 2.09. The zero-order valence-electron chi connectivity index (χ0n) is 16.0. The minimum atomic E-state index is -0.308. The van der Waals surface area contributed by atoms with E-state index in [0.29, 0.717) is 22.9 Å². The molecule has 4 rings (SSSR count). The van der Waals surface area contributed by atoms with Crippen molar-refractivity contribution in [1.82, 2.24) is 10.4 Å². The number of fused-ring (bicyclic) bond motifs is 1. The maximum Gasteiger partial charge on any atom is 0.271 e. The third-order valence-corrected chi connectivity index (χ3v) is 4.79. The molecule has 3 aromatic carbocycles. The van der Waals surface area contributed by atoms with Gasteiger partial charge in [0.2, 0.25) is 0 Å². The number of amides is 1. The van der Waals surface area contributed by atoms with Gasteiger partial charge in [-0.15, -0.1) is 0 Å². The van der Waals surface area contributed by atoms with Crippen LogP contribution in [0.15, 0.2) is 90.3 Å². The Kier molecular flexibility index (Phi) is 6.01. The molecule has 0 saturated carbocycles. The minimum absolute atomic E-state index is 0.308. The highest BCUT2D eigenvalue weighted by Crippen LogP contribution is 2.27. The van der Waals surface area contributed by atoms with Crippen LogP contribution < -0.4 is 10.2 Å². The van der Waals surface area contributed by atoms with E-state index in [1.807, 2.05) is 60.7 Å². The summed E-state index contributed by atoms with van der Waals surface area (Å²) in [5, 5.41) is 6.87. The van der Waals surface area contributed by atoms with Gasteiger partial charge in [-0.3, -0.25) is 9.78 Å². The topological polar surface area (TPSA) is 63.6 Å². The van der Waals surface area contributed by atoms with Gasteiger partial charge < -0.3 is 4.74 Å². The Morgan fingerprint density at radius 2 is 1.77 bits per heavy atom. The molecule has 0 bridgehead atoms. The van der Waals surface area contributed by atoms with Crippen molar-refractivity contribution in [2.24, 2.45) is 5.10 Å². The van der Waals surface area contributed by atoms with E-state index in [-0.39, 0.29) is 5.91 Å². The molecule has 0 aliphatic heterocycles. The lowest BCUT2D eigenvalue weighted by Crippen LogP contribution is -2.17. The SMILES string of the molecule is O=C(N/N=C\c1c(OCc2ccc(Cl)cc2)ccc2ccccc12)c1ccncc1. The second-order valence-corrected chi connectivity index (χ2v) is 6.99. The van der Waals surface area contributed by atoms with Gasteiger partial charge in [-0.1, -0.05) is 54.1 Å². The van der Waals surface area contributed by atoms with E-state index < -0.39 is 0 Å². The summed E-state index contributed by atoms with van der Waals surface area (Å²) in [5.74, 6) is 0.364. The highest BCUT2D eigenvalue weighted by molar-refractivity contribution is 6.30. The lowest BCUT2D eigenvalue weighted by atomic mass is 10.0. The molecule has 0 atom stereocenters.